The summed E-state index contributed by atoms with van der Waals surface area (Å²) in [4.78, 5) is 11.7. The Labute approximate surface area is 125 Å². The Morgan fingerprint density at radius 3 is 2.95 bits per heavy atom. The van der Waals surface area contributed by atoms with Crippen molar-refractivity contribution < 1.29 is 14.3 Å². The smallest absolute Gasteiger partial charge is 0.336 e. The number of rotatable bonds is 3. The standard InChI is InChI=1S/C14H14FN3O2S/c15-9-5-6-11(10(8-9)13(19)20)21-14-17-16-12-4-2-1-3-7-18(12)14/h5-6,8H,1-4,7H2,(H,19,20). The van der Waals surface area contributed by atoms with Crippen molar-refractivity contribution in [2.24, 2.45) is 0 Å². The number of carboxylic acid groups (broad SMARTS) is 1. The van der Waals surface area contributed by atoms with Gasteiger partial charge in [0.15, 0.2) is 5.16 Å². The molecular weight excluding hydrogens is 293 g/mol. The van der Waals surface area contributed by atoms with Crippen molar-refractivity contribution in [3.8, 4) is 0 Å². The first-order valence-corrected chi connectivity index (χ1v) is 7.59. The highest BCUT2D eigenvalue weighted by Gasteiger charge is 2.19. The highest BCUT2D eigenvalue weighted by molar-refractivity contribution is 7.99. The Balaban J connectivity index is 1.94. The van der Waals surface area contributed by atoms with E-state index in [9.17, 15) is 14.3 Å². The molecule has 0 bridgehead atoms. The lowest BCUT2D eigenvalue weighted by Gasteiger charge is -2.08. The molecule has 5 nitrogen and oxygen atoms in total. The van der Waals surface area contributed by atoms with Crippen molar-refractivity contribution in [2.75, 3.05) is 0 Å². The zero-order chi connectivity index (χ0) is 14.8. The van der Waals surface area contributed by atoms with E-state index in [-0.39, 0.29) is 5.56 Å². The minimum absolute atomic E-state index is 0.0500. The van der Waals surface area contributed by atoms with Crippen LogP contribution in [0.1, 0.15) is 35.4 Å². The fourth-order valence-electron chi connectivity index (χ4n) is 2.39. The lowest BCUT2D eigenvalue weighted by molar-refractivity contribution is 0.0692. The molecule has 7 heteroatoms. The van der Waals surface area contributed by atoms with E-state index < -0.39 is 11.8 Å². The largest absolute Gasteiger partial charge is 0.478 e. The molecule has 0 fully saturated rings. The summed E-state index contributed by atoms with van der Waals surface area (Å²) in [6.07, 6.45) is 4.21. The van der Waals surface area contributed by atoms with Gasteiger partial charge in [-0.2, -0.15) is 0 Å². The lowest BCUT2D eigenvalue weighted by atomic mass is 10.2. The minimum atomic E-state index is -1.15. The van der Waals surface area contributed by atoms with Crippen LogP contribution in [0.2, 0.25) is 0 Å². The molecule has 1 aromatic heterocycles. The predicted molar refractivity (Wildman–Crippen MR) is 75.1 cm³/mol. The summed E-state index contributed by atoms with van der Waals surface area (Å²) in [5, 5.41) is 18.2. The van der Waals surface area contributed by atoms with Gasteiger partial charge in [0.1, 0.15) is 11.6 Å². The van der Waals surface area contributed by atoms with Crippen molar-refractivity contribution >= 4 is 17.7 Å². The molecule has 0 amide bonds. The zero-order valence-corrected chi connectivity index (χ0v) is 12.1. The highest BCUT2D eigenvalue weighted by atomic mass is 32.2. The van der Waals surface area contributed by atoms with Gasteiger partial charge in [-0.15, -0.1) is 10.2 Å². The van der Waals surface area contributed by atoms with Gasteiger partial charge in [-0.25, -0.2) is 9.18 Å². The average molecular weight is 307 g/mol. The first kappa shape index (κ1) is 14.1. The first-order chi connectivity index (χ1) is 10.1. The number of aromatic carboxylic acids is 1. The van der Waals surface area contributed by atoms with E-state index in [1.807, 2.05) is 4.57 Å². The number of nitrogens with zero attached hydrogens (tertiary/aromatic N) is 3. The fourth-order valence-corrected chi connectivity index (χ4v) is 3.37. The molecule has 0 unspecified atom stereocenters. The van der Waals surface area contributed by atoms with Crippen LogP contribution in [0, 0.1) is 5.82 Å². The topological polar surface area (TPSA) is 68.0 Å². The number of halogens is 1. The molecule has 0 atom stereocenters. The number of carboxylic acids is 1. The van der Waals surface area contributed by atoms with Crippen LogP contribution >= 0.6 is 11.8 Å². The van der Waals surface area contributed by atoms with Gasteiger partial charge in [0.25, 0.3) is 0 Å². The van der Waals surface area contributed by atoms with Crippen LogP contribution in [0.5, 0.6) is 0 Å². The Morgan fingerprint density at radius 1 is 1.29 bits per heavy atom. The summed E-state index contributed by atoms with van der Waals surface area (Å²) in [5.74, 6) is -0.765. The molecule has 3 rings (SSSR count). The maximum Gasteiger partial charge on any atom is 0.336 e. The molecule has 0 saturated carbocycles. The lowest BCUT2D eigenvalue weighted by Crippen LogP contribution is -2.04. The normalized spacial score (nSPS) is 14.5. The highest BCUT2D eigenvalue weighted by Crippen LogP contribution is 2.31. The van der Waals surface area contributed by atoms with Gasteiger partial charge >= 0.3 is 5.97 Å². The molecule has 0 spiro atoms. The van der Waals surface area contributed by atoms with Gasteiger partial charge < -0.3 is 9.67 Å². The number of carbonyl (C=O) groups is 1. The number of fused-ring (bicyclic) bond motifs is 1. The molecular formula is C14H14FN3O2S. The van der Waals surface area contributed by atoms with Gasteiger partial charge in [-0.05, 0) is 42.8 Å². The van der Waals surface area contributed by atoms with Crippen LogP contribution in [-0.2, 0) is 13.0 Å². The van der Waals surface area contributed by atoms with Crippen molar-refractivity contribution in [1.82, 2.24) is 14.8 Å². The molecule has 1 aliphatic heterocycles. The summed E-state index contributed by atoms with van der Waals surface area (Å²) in [5.41, 5.74) is -0.0500. The van der Waals surface area contributed by atoms with Gasteiger partial charge in [-0.1, -0.05) is 6.42 Å². The van der Waals surface area contributed by atoms with Gasteiger partial charge in [-0.3, -0.25) is 0 Å². The maximum atomic E-state index is 13.2. The molecule has 1 N–H and O–H groups in total. The fraction of sp³-hybridized carbons (Fsp3) is 0.357. The third-order valence-corrected chi connectivity index (χ3v) is 4.51. The van der Waals surface area contributed by atoms with Crippen LogP contribution in [0.3, 0.4) is 0 Å². The average Bonchev–Trinajstić information content (AvgIpc) is 2.69. The second-order valence-electron chi connectivity index (χ2n) is 4.91. The van der Waals surface area contributed by atoms with E-state index in [0.29, 0.717) is 10.1 Å². The molecule has 0 saturated heterocycles. The summed E-state index contributed by atoms with van der Waals surface area (Å²) in [6, 6.07) is 3.76. The van der Waals surface area contributed by atoms with Gasteiger partial charge in [0.2, 0.25) is 0 Å². The van der Waals surface area contributed by atoms with E-state index >= 15 is 0 Å². The molecule has 21 heavy (non-hydrogen) atoms. The Hall–Kier alpha value is -1.89. The van der Waals surface area contributed by atoms with E-state index in [4.69, 9.17) is 0 Å². The summed E-state index contributed by atoms with van der Waals surface area (Å²) >= 11 is 1.22. The molecule has 1 aliphatic rings. The SMILES string of the molecule is O=C(O)c1cc(F)ccc1Sc1nnc2n1CCCCC2. The van der Waals surface area contributed by atoms with Gasteiger partial charge in [0.05, 0.1) is 5.56 Å². The third-order valence-electron chi connectivity index (χ3n) is 3.45. The second kappa shape index (κ2) is 5.85. The van der Waals surface area contributed by atoms with Crippen molar-refractivity contribution in [3.63, 3.8) is 0 Å². The molecule has 0 aliphatic carbocycles. The quantitative estimate of drug-likeness (QED) is 0.944. The van der Waals surface area contributed by atoms with Crippen molar-refractivity contribution in [1.29, 1.82) is 0 Å². The monoisotopic (exact) mass is 307 g/mol. The number of aryl methyl sites for hydroxylation is 1. The predicted octanol–water partition coefficient (Wildman–Crippen LogP) is 2.99. The number of aromatic nitrogens is 3. The van der Waals surface area contributed by atoms with Crippen LogP contribution in [-0.4, -0.2) is 25.8 Å². The van der Waals surface area contributed by atoms with Crippen LogP contribution in [0.25, 0.3) is 0 Å². The van der Waals surface area contributed by atoms with E-state index in [2.05, 4.69) is 10.2 Å². The molecule has 110 valence electrons. The van der Waals surface area contributed by atoms with Gasteiger partial charge in [0, 0.05) is 17.9 Å². The zero-order valence-electron chi connectivity index (χ0n) is 11.3. The Kier molecular flexibility index (Phi) is 3.92. The molecule has 1 aromatic carbocycles. The first-order valence-electron chi connectivity index (χ1n) is 6.78. The van der Waals surface area contributed by atoms with Crippen LogP contribution in [0.15, 0.2) is 28.3 Å². The maximum absolute atomic E-state index is 13.2. The van der Waals surface area contributed by atoms with Crippen molar-refractivity contribution in [3.05, 3.63) is 35.4 Å². The van der Waals surface area contributed by atoms with Crippen LogP contribution in [0.4, 0.5) is 4.39 Å². The van der Waals surface area contributed by atoms with E-state index in [0.717, 1.165) is 44.1 Å². The number of hydrogen-bond donors (Lipinski definition) is 1. The Bertz CT molecular complexity index is 687. The molecule has 2 heterocycles. The van der Waals surface area contributed by atoms with E-state index in [1.54, 1.807) is 0 Å². The van der Waals surface area contributed by atoms with Crippen molar-refractivity contribution in [2.45, 2.75) is 42.3 Å². The number of benzene rings is 1. The second-order valence-corrected chi connectivity index (χ2v) is 5.92. The Morgan fingerprint density at radius 2 is 2.14 bits per heavy atom. The third kappa shape index (κ3) is 2.92. The minimum Gasteiger partial charge on any atom is -0.478 e. The number of hydrogen-bond acceptors (Lipinski definition) is 4. The van der Waals surface area contributed by atoms with E-state index in [1.165, 1.54) is 23.9 Å². The molecule has 2 aromatic rings. The summed E-state index contributed by atoms with van der Waals surface area (Å²) in [6.45, 7) is 0.842. The summed E-state index contributed by atoms with van der Waals surface area (Å²) in [7, 11) is 0. The van der Waals surface area contributed by atoms with Crippen LogP contribution < -0.4 is 0 Å². The summed E-state index contributed by atoms with van der Waals surface area (Å²) < 4.78 is 15.2. The molecule has 0 radical (unpaired) electrons.